The quantitative estimate of drug-likeness (QED) is 0.0278. The van der Waals surface area contributed by atoms with Gasteiger partial charge >= 0.3 is 0 Å². The molecule has 0 heterocycles. The van der Waals surface area contributed by atoms with Crippen LogP contribution in [0.4, 0.5) is 0 Å². The van der Waals surface area contributed by atoms with E-state index >= 15 is 0 Å². The first-order chi connectivity index (χ1) is 26.7. The minimum absolute atomic E-state index is 0.256. The number of rotatable bonds is 41. The van der Waals surface area contributed by atoms with Crippen molar-refractivity contribution in [2.75, 3.05) is 5.75 Å². The van der Waals surface area contributed by atoms with Crippen molar-refractivity contribution in [1.82, 2.24) is 5.32 Å². The summed E-state index contributed by atoms with van der Waals surface area (Å²) in [5, 5.41) is 23.4. The lowest BCUT2D eigenvalue weighted by Crippen LogP contribution is -2.50. The van der Waals surface area contributed by atoms with Crippen molar-refractivity contribution < 1.29 is 28.0 Å². The van der Waals surface area contributed by atoms with Crippen LogP contribution in [-0.2, 0) is 14.9 Å². The third-order valence-corrected chi connectivity index (χ3v) is 11.1. The molecule has 0 aromatic carbocycles. The number of allylic oxidation sites excluding steroid dienone is 7. The summed E-state index contributed by atoms with van der Waals surface area (Å²) >= 11 is 0. The van der Waals surface area contributed by atoms with Gasteiger partial charge in [-0.15, -0.1) is 0 Å². The van der Waals surface area contributed by atoms with Gasteiger partial charge in [0.2, 0.25) is 5.91 Å². The van der Waals surface area contributed by atoms with E-state index in [1.165, 1.54) is 134 Å². The molecule has 0 bridgehead atoms. The maximum Gasteiger partial charge on any atom is 0.267 e. The van der Waals surface area contributed by atoms with Crippen molar-refractivity contribution in [2.45, 2.75) is 238 Å². The summed E-state index contributed by atoms with van der Waals surface area (Å²) in [5.74, 6) is -1.58. The number of unbranched alkanes of at least 4 members (excludes halogenated alkanes) is 26. The third kappa shape index (κ3) is 40.3. The molecule has 0 aromatic rings. The lowest BCUT2D eigenvalue weighted by molar-refractivity contribution is -0.130. The highest BCUT2D eigenvalue weighted by atomic mass is 32.2. The van der Waals surface area contributed by atoms with E-state index in [0.29, 0.717) is 12.8 Å². The highest BCUT2D eigenvalue weighted by Crippen LogP contribution is 2.14. The molecule has 7 nitrogen and oxygen atoms in total. The molecule has 3 atom stereocenters. The molecule has 0 aliphatic heterocycles. The molecule has 322 valence electrons. The molecular weight excluding hydrogens is 707 g/mol. The lowest BCUT2D eigenvalue weighted by atomic mass is 10.1. The Morgan fingerprint density at radius 3 is 1.20 bits per heavy atom. The molecule has 3 unspecified atom stereocenters. The Morgan fingerprint density at radius 1 is 0.491 bits per heavy atom. The number of nitrogens with one attached hydrogen (secondary N) is 1. The molecule has 0 aliphatic rings. The molecule has 0 fully saturated rings. The molecule has 0 saturated heterocycles. The molecule has 0 saturated carbocycles. The Bertz CT molecular complexity index is 1070. The second-order valence-electron chi connectivity index (χ2n) is 15.8. The van der Waals surface area contributed by atoms with E-state index in [1.54, 1.807) is 6.08 Å². The van der Waals surface area contributed by atoms with Crippen molar-refractivity contribution in [3.05, 3.63) is 48.6 Å². The van der Waals surface area contributed by atoms with Gasteiger partial charge in [0.1, 0.15) is 6.10 Å². The van der Waals surface area contributed by atoms with E-state index < -0.39 is 40.0 Å². The summed E-state index contributed by atoms with van der Waals surface area (Å²) in [4.78, 5) is 12.6. The van der Waals surface area contributed by atoms with Gasteiger partial charge in [-0.05, 0) is 70.6 Å². The minimum Gasteiger partial charge on any atom is -0.387 e. The van der Waals surface area contributed by atoms with E-state index in [9.17, 15) is 28.0 Å². The van der Waals surface area contributed by atoms with Crippen LogP contribution in [0.1, 0.15) is 219 Å². The average Bonchev–Trinajstić information content (AvgIpc) is 3.15. The van der Waals surface area contributed by atoms with E-state index in [0.717, 1.165) is 57.8 Å². The first-order valence-corrected chi connectivity index (χ1v) is 24.6. The monoisotopic (exact) mass is 794 g/mol. The fourth-order valence-corrected chi connectivity index (χ4v) is 7.51. The molecule has 0 aromatic heterocycles. The first-order valence-electron chi connectivity index (χ1n) is 22.9. The molecule has 0 spiro atoms. The predicted molar refractivity (Wildman–Crippen MR) is 236 cm³/mol. The number of carbonyl (C=O) groups is 1. The van der Waals surface area contributed by atoms with Crippen LogP contribution >= 0.6 is 0 Å². The van der Waals surface area contributed by atoms with Gasteiger partial charge in [0.25, 0.3) is 10.1 Å². The molecule has 0 rings (SSSR count). The fourth-order valence-electron chi connectivity index (χ4n) is 6.78. The SMILES string of the molecule is CCCCCCCCCCC/C=C\CCCCCCC(O)C(=O)NC(CS(=O)(=O)O)C(O)/C=C/CC/C=C/CC/C=C/CCCCCCCCCCCCC. The summed E-state index contributed by atoms with van der Waals surface area (Å²) in [6, 6.07) is -1.26. The average molecular weight is 794 g/mol. The largest absolute Gasteiger partial charge is 0.387 e. The number of hydrogen-bond donors (Lipinski definition) is 4. The number of aliphatic hydroxyl groups excluding tert-OH is 2. The summed E-state index contributed by atoms with van der Waals surface area (Å²) in [5.41, 5.74) is 0. The number of aliphatic hydroxyl groups is 2. The zero-order chi connectivity index (χ0) is 40.5. The van der Waals surface area contributed by atoms with Crippen LogP contribution in [-0.4, -0.2) is 53.1 Å². The van der Waals surface area contributed by atoms with Crippen molar-refractivity contribution in [1.29, 1.82) is 0 Å². The normalized spacial score (nSPS) is 14.2. The van der Waals surface area contributed by atoms with Gasteiger partial charge in [-0.2, -0.15) is 8.42 Å². The van der Waals surface area contributed by atoms with E-state index in [2.05, 4.69) is 55.6 Å². The van der Waals surface area contributed by atoms with Crippen LogP contribution in [0.5, 0.6) is 0 Å². The predicted octanol–water partition coefficient (Wildman–Crippen LogP) is 12.8. The Balaban J connectivity index is 4.07. The van der Waals surface area contributed by atoms with Crippen molar-refractivity contribution in [2.24, 2.45) is 0 Å². The van der Waals surface area contributed by atoms with E-state index in [-0.39, 0.29) is 6.42 Å². The highest BCUT2D eigenvalue weighted by Gasteiger charge is 2.27. The topological polar surface area (TPSA) is 124 Å². The molecule has 0 aliphatic carbocycles. The van der Waals surface area contributed by atoms with Crippen LogP contribution < -0.4 is 5.32 Å². The maximum atomic E-state index is 12.6. The summed E-state index contributed by atoms with van der Waals surface area (Å²) in [6.07, 6.45) is 51.7. The maximum absolute atomic E-state index is 12.6. The third-order valence-electron chi connectivity index (χ3n) is 10.3. The number of carbonyl (C=O) groups excluding carboxylic acids is 1. The number of amides is 1. The van der Waals surface area contributed by atoms with E-state index in [1.807, 2.05) is 0 Å². The van der Waals surface area contributed by atoms with Crippen LogP contribution in [0.25, 0.3) is 0 Å². The van der Waals surface area contributed by atoms with Crippen molar-refractivity contribution >= 4 is 16.0 Å². The second kappa shape index (κ2) is 40.5. The Labute approximate surface area is 340 Å². The van der Waals surface area contributed by atoms with Crippen LogP contribution in [0, 0.1) is 0 Å². The van der Waals surface area contributed by atoms with Crippen molar-refractivity contribution in [3.8, 4) is 0 Å². The molecule has 0 radical (unpaired) electrons. The highest BCUT2D eigenvalue weighted by molar-refractivity contribution is 7.85. The van der Waals surface area contributed by atoms with Gasteiger partial charge in [-0.25, -0.2) is 0 Å². The standard InChI is InChI=1S/C47H87NO6S/c1-3-5-7-9-11-13-15-17-19-21-22-23-24-26-27-29-31-33-35-37-39-41-45(49)44(43-55(52,53)54)48-47(51)46(50)42-40-38-36-34-32-30-28-25-20-18-16-14-12-10-8-6-4-2/h24,26,28,30-31,33,39,41,44-46,49-50H,3-23,25,27,29,32,34-38,40,42-43H2,1-2H3,(H,48,51)(H,52,53,54)/b26-24+,30-28-,33-31+,41-39+. The molecule has 8 heteroatoms. The van der Waals surface area contributed by atoms with Crippen LogP contribution in [0.3, 0.4) is 0 Å². The summed E-state index contributed by atoms with van der Waals surface area (Å²) < 4.78 is 32.6. The number of hydrogen-bond acceptors (Lipinski definition) is 5. The Hall–Kier alpha value is -1.74. The van der Waals surface area contributed by atoms with Gasteiger partial charge < -0.3 is 15.5 Å². The van der Waals surface area contributed by atoms with Gasteiger partial charge in [-0.3, -0.25) is 9.35 Å². The molecule has 4 N–H and O–H groups in total. The summed E-state index contributed by atoms with van der Waals surface area (Å²) in [7, 11) is -4.46. The van der Waals surface area contributed by atoms with Gasteiger partial charge in [0, 0.05) is 0 Å². The van der Waals surface area contributed by atoms with Gasteiger partial charge in [0.15, 0.2) is 0 Å². The molecule has 1 amide bonds. The minimum atomic E-state index is -4.46. The zero-order valence-corrected chi connectivity index (χ0v) is 36.5. The Kier molecular flexibility index (Phi) is 39.2. The van der Waals surface area contributed by atoms with E-state index in [4.69, 9.17) is 0 Å². The molecular formula is C47H87NO6S. The molecule has 55 heavy (non-hydrogen) atoms. The van der Waals surface area contributed by atoms with Gasteiger partial charge in [0.05, 0.1) is 17.9 Å². The summed E-state index contributed by atoms with van der Waals surface area (Å²) in [6.45, 7) is 4.52. The smallest absolute Gasteiger partial charge is 0.267 e. The van der Waals surface area contributed by atoms with Crippen molar-refractivity contribution in [3.63, 3.8) is 0 Å². The van der Waals surface area contributed by atoms with Gasteiger partial charge in [-0.1, -0.05) is 197 Å². The fraction of sp³-hybridized carbons (Fsp3) is 0.809. The van der Waals surface area contributed by atoms with Crippen LogP contribution in [0.2, 0.25) is 0 Å². The lowest BCUT2D eigenvalue weighted by Gasteiger charge is -2.22. The Morgan fingerprint density at radius 2 is 0.818 bits per heavy atom. The first kappa shape index (κ1) is 53.3. The zero-order valence-electron chi connectivity index (χ0n) is 35.7. The second-order valence-corrected chi connectivity index (χ2v) is 17.3. The van der Waals surface area contributed by atoms with Crippen LogP contribution in [0.15, 0.2) is 48.6 Å².